The molecule has 0 bridgehead atoms. The summed E-state index contributed by atoms with van der Waals surface area (Å²) >= 11 is 6.20. The second kappa shape index (κ2) is 6.92. The van der Waals surface area contributed by atoms with E-state index in [9.17, 15) is 4.79 Å². The maximum absolute atomic E-state index is 12.7. The zero-order chi connectivity index (χ0) is 18.1. The molecule has 1 aromatic carbocycles. The Morgan fingerprint density at radius 2 is 2.00 bits per heavy atom. The molecule has 0 spiro atoms. The summed E-state index contributed by atoms with van der Waals surface area (Å²) in [5.74, 6) is 1.44. The molecule has 8 heteroatoms. The number of hydrogen-bond donors (Lipinski definition) is 0. The van der Waals surface area contributed by atoms with Gasteiger partial charge in [-0.2, -0.15) is 10.1 Å². The van der Waals surface area contributed by atoms with Gasteiger partial charge in [-0.3, -0.25) is 4.79 Å². The monoisotopic (exact) mass is 371 g/mol. The Morgan fingerprint density at radius 1 is 1.23 bits per heavy atom. The molecule has 2 aromatic heterocycles. The van der Waals surface area contributed by atoms with Crippen LogP contribution in [0.2, 0.25) is 5.02 Å². The molecule has 0 aliphatic carbocycles. The number of amides is 1. The first kappa shape index (κ1) is 16.8. The summed E-state index contributed by atoms with van der Waals surface area (Å²) in [5.41, 5.74) is 1.16. The van der Waals surface area contributed by atoms with E-state index in [1.165, 1.54) is 0 Å². The number of aromatic nitrogens is 4. The van der Waals surface area contributed by atoms with Crippen LogP contribution in [-0.4, -0.2) is 43.8 Å². The maximum atomic E-state index is 12.7. The van der Waals surface area contributed by atoms with Crippen molar-refractivity contribution in [2.75, 3.05) is 13.1 Å². The molecule has 1 aliphatic heterocycles. The van der Waals surface area contributed by atoms with Crippen LogP contribution < -0.4 is 0 Å². The highest BCUT2D eigenvalue weighted by atomic mass is 35.5. The highest BCUT2D eigenvalue weighted by Crippen LogP contribution is 2.27. The fourth-order valence-corrected chi connectivity index (χ4v) is 3.40. The molecule has 3 aromatic rings. The van der Waals surface area contributed by atoms with E-state index in [1.807, 2.05) is 23.1 Å². The van der Waals surface area contributed by atoms with Crippen LogP contribution in [0.5, 0.6) is 0 Å². The number of halogens is 1. The molecule has 0 saturated carbocycles. The first-order chi connectivity index (χ1) is 12.6. The molecule has 0 radical (unpaired) electrons. The third-order valence-corrected chi connectivity index (χ3v) is 4.90. The van der Waals surface area contributed by atoms with Gasteiger partial charge in [0, 0.05) is 25.2 Å². The number of hydrogen-bond acceptors (Lipinski definition) is 5. The van der Waals surface area contributed by atoms with Crippen LogP contribution in [0.3, 0.4) is 0 Å². The Bertz CT molecular complexity index is 927. The number of nitrogens with zero attached hydrogens (tertiary/aromatic N) is 5. The third kappa shape index (κ3) is 3.22. The molecule has 7 nitrogen and oxygen atoms in total. The highest BCUT2D eigenvalue weighted by Gasteiger charge is 2.28. The van der Waals surface area contributed by atoms with E-state index < -0.39 is 0 Å². The summed E-state index contributed by atoms with van der Waals surface area (Å²) in [5, 5.41) is 8.83. The quantitative estimate of drug-likeness (QED) is 0.706. The van der Waals surface area contributed by atoms with Crippen molar-refractivity contribution in [3.05, 3.63) is 59.0 Å². The topological polar surface area (TPSA) is 77.0 Å². The minimum absolute atomic E-state index is 0.0732. The summed E-state index contributed by atoms with van der Waals surface area (Å²) in [6.07, 6.45) is 3.36. The van der Waals surface area contributed by atoms with E-state index >= 15 is 0 Å². The number of carbonyl (C=O) groups is 1. The molecule has 0 N–H and O–H groups in total. The Balaban J connectivity index is 1.44. The van der Waals surface area contributed by atoms with E-state index in [1.54, 1.807) is 29.9 Å². The summed E-state index contributed by atoms with van der Waals surface area (Å²) in [4.78, 5) is 18.9. The van der Waals surface area contributed by atoms with Gasteiger partial charge in [0.1, 0.15) is 0 Å². The molecule has 4 rings (SSSR count). The molecular weight excluding hydrogens is 354 g/mol. The van der Waals surface area contributed by atoms with Crippen molar-refractivity contribution in [2.45, 2.75) is 25.7 Å². The van der Waals surface area contributed by atoms with E-state index in [-0.39, 0.29) is 11.8 Å². The summed E-state index contributed by atoms with van der Waals surface area (Å²) < 4.78 is 6.88. The van der Waals surface area contributed by atoms with Gasteiger partial charge in [0.05, 0.1) is 10.7 Å². The van der Waals surface area contributed by atoms with Gasteiger partial charge in [-0.25, -0.2) is 4.68 Å². The summed E-state index contributed by atoms with van der Waals surface area (Å²) in [6, 6.07) is 9.12. The van der Waals surface area contributed by atoms with Gasteiger partial charge < -0.3 is 9.42 Å². The van der Waals surface area contributed by atoms with Crippen molar-refractivity contribution in [2.24, 2.45) is 0 Å². The van der Waals surface area contributed by atoms with Gasteiger partial charge in [-0.1, -0.05) is 28.9 Å². The molecule has 0 atom stereocenters. The van der Waals surface area contributed by atoms with Crippen LogP contribution in [-0.2, 0) is 0 Å². The van der Waals surface area contributed by atoms with Crippen LogP contribution in [0.1, 0.15) is 41.0 Å². The summed E-state index contributed by atoms with van der Waals surface area (Å²) in [7, 11) is 0. The lowest BCUT2D eigenvalue weighted by Gasteiger charge is -2.29. The second-order valence-electron chi connectivity index (χ2n) is 6.34. The van der Waals surface area contributed by atoms with Gasteiger partial charge >= 0.3 is 0 Å². The fourth-order valence-electron chi connectivity index (χ4n) is 3.18. The largest absolute Gasteiger partial charge is 0.339 e. The van der Waals surface area contributed by atoms with Crippen molar-refractivity contribution in [1.29, 1.82) is 0 Å². The lowest BCUT2D eigenvalue weighted by Crippen LogP contribution is -2.38. The number of aryl methyl sites for hydroxylation is 1. The normalized spacial score (nSPS) is 15.4. The lowest BCUT2D eigenvalue weighted by molar-refractivity contribution is 0.0698. The number of rotatable bonds is 3. The molecule has 3 heterocycles. The van der Waals surface area contributed by atoms with Crippen molar-refractivity contribution < 1.29 is 9.32 Å². The zero-order valence-electron chi connectivity index (χ0n) is 14.3. The predicted molar refractivity (Wildman–Crippen MR) is 95.5 cm³/mol. The van der Waals surface area contributed by atoms with Crippen molar-refractivity contribution in [3.63, 3.8) is 0 Å². The Kier molecular flexibility index (Phi) is 4.46. The number of para-hydroxylation sites is 1. The molecular formula is C18H18ClN5O2. The summed E-state index contributed by atoms with van der Waals surface area (Å²) in [6.45, 7) is 3.09. The number of likely N-dealkylation sites (tertiary alicyclic amines) is 1. The van der Waals surface area contributed by atoms with E-state index in [2.05, 4.69) is 15.2 Å². The van der Waals surface area contributed by atoms with Gasteiger partial charge in [-0.15, -0.1) is 0 Å². The molecule has 1 saturated heterocycles. The van der Waals surface area contributed by atoms with E-state index in [0.29, 0.717) is 35.5 Å². The number of piperidine rings is 1. The molecule has 134 valence electrons. The average molecular weight is 372 g/mol. The standard InChI is InChI=1S/C18H18ClN5O2/c1-12-20-17(26-22-12)13-6-9-23(10-7-13)18(25)15-8-11-24(21-15)16-5-3-2-4-14(16)19/h2-5,8,11,13H,6-7,9-10H2,1H3. The van der Waals surface area contributed by atoms with Crippen molar-refractivity contribution in [1.82, 2.24) is 24.8 Å². The first-order valence-electron chi connectivity index (χ1n) is 8.52. The Morgan fingerprint density at radius 3 is 2.69 bits per heavy atom. The SMILES string of the molecule is Cc1noc(C2CCN(C(=O)c3ccn(-c4ccccc4Cl)n3)CC2)n1. The van der Waals surface area contributed by atoms with Crippen LogP contribution in [0.15, 0.2) is 41.1 Å². The third-order valence-electron chi connectivity index (χ3n) is 4.58. The molecule has 0 unspecified atom stereocenters. The van der Waals surface area contributed by atoms with Crippen LogP contribution >= 0.6 is 11.6 Å². The van der Waals surface area contributed by atoms with Crippen molar-refractivity contribution in [3.8, 4) is 5.69 Å². The van der Waals surface area contributed by atoms with Crippen LogP contribution in [0.25, 0.3) is 5.69 Å². The van der Waals surface area contributed by atoms with Crippen molar-refractivity contribution >= 4 is 17.5 Å². The number of benzene rings is 1. The Labute approximate surface area is 155 Å². The Hall–Kier alpha value is -2.67. The molecule has 26 heavy (non-hydrogen) atoms. The minimum atomic E-state index is -0.0732. The van der Waals surface area contributed by atoms with Crippen LogP contribution in [0, 0.1) is 6.92 Å². The maximum Gasteiger partial charge on any atom is 0.274 e. The van der Waals surface area contributed by atoms with E-state index in [4.69, 9.17) is 16.1 Å². The number of carbonyl (C=O) groups excluding carboxylic acids is 1. The lowest BCUT2D eigenvalue weighted by atomic mass is 9.96. The zero-order valence-corrected chi connectivity index (χ0v) is 15.1. The average Bonchev–Trinajstić information content (AvgIpc) is 3.31. The second-order valence-corrected chi connectivity index (χ2v) is 6.75. The predicted octanol–water partition coefficient (Wildman–Crippen LogP) is 3.24. The highest BCUT2D eigenvalue weighted by molar-refractivity contribution is 6.32. The molecule has 1 fully saturated rings. The van der Waals surface area contributed by atoms with Crippen LogP contribution in [0.4, 0.5) is 0 Å². The molecule has 1 amide bonds. The van der Waals surface area contributed by atoms with E-state index in [0.717, 1.165) is 18.5 Å². The first-order valence-corrected chi connectivity index (χ1v) is 8.89. The smallest absolute Gasteiger partial charge is 0.274 e. The minimum Gasteiger partial charge on any atom is -0.339 e. The molecule has 1 aliphatic rings. The fraction of sp³-hybridized carbons (Fsp3) is 0.333. The van der Waals surface area contributed by atoms with Gasteiger partial charge in [0.15, 0.2) is 11.5 Å². The van der Waals surface area contributed by atoms with Gasteiger partial charge in [0.25, 0.3) is 5.91 Å². The van der Waals surface area contributed by atoms with Gasteiger partial charge in [0.2, 0.25) is 5.89 Å². The van der Waals surface area contributed by atoms with Gasteiger partial charge in [-0.05, 0) is 38.0 Å².